The zero-order valence-corrected chi connectivity index (χ0v) is 23.8. The first-order valence-corrected chi connectivity index (χ1v) is 13.7. The van der Waals surface area contributed by atoms with E-state index in [-0.39, 0.29) is 18.1 Å². The average molecular weight is 565 g/mol. The number of benzene rings is 2. The first-order chi connectivity index (χ1) is 20.2. The van der Waals surface area contributed by atoms with Crippen LogP contribution < -0.4 is 16.0 Å². The molecule has 11 nitrogen and oxygen atoms in total. The molecule has 2 aromatic carbocycles. The quantitative estimate of drug-likeness (QED) is 0.333. The Hall–Kier alpha value is -4.92. The molecule has 1 aliphatic rings. The van der Waals surface area contributed by atoms with Gasteiger partial charge < -0.3 is 9.74 Å². The fourth-order valence-corrected chi connectivity index (χ4v) is 4.39. The van der Waals surface area contributed by atoms with Gasteiger partial charge in [0, 0.05) is 43.4 Å². The lowest BCUT2D eigenvalue weighted by Crippen LogP contribution is -2.53. The maximum Gasteiger partial charge on any atom is 0.331 e. The van der Waals surface area contributed by atoms with Crippen LogP contribution in [-0.2, 0) is 16.2 Å². The predicted octanol–water partition coefficient (Wildman–Crippen LogP) is 3.42. The molecule has 4 aromatic rings. The van der Waals surface area contributed by atoms with Crippen LogP contribution in [0.15, 0.2) is 77.9 Å². The molecule has 1 saturated heterocycles. The molecule has 0 atom stereocenters. The van der Waals surface area contributed by atoms with Crippen LogP contribution in [0.1, 0.15) is 31.9 Å². The minimum absolute atomic E-state index is 0.219. The smallest absolute Gasteiger partial charge is 0.331 e. The molecule has 0 spiro atoms. The van der Waals surface area contributed by atoms with Gasteiger partial charge in [-0.3, -0.25) is 4.79 Å². The van der Waals surface area contributed by atoms with Gasteiger partial charge in [0.15, 0.2) is 5.82 Å². The Bertz CT molecular complexity index is 1660. The molecular formula is C31H32N8O3. The Morgan fingerprint density at radius 3 is 2.40 bits per heavy atom. The molecule has 0 saturated carbocycles. The number of hydrogen-bond donors (Lipinski definition) is 1. The Morgan fingerprint density at radius 1 is 0.976 bits per heavy atom. The summed E-state index contributed by atoms with van der Waals surface area (Å²) in [6.45, 7) is 8.49. The van der Waals surface area contributed by atoms with E-state index in [4.69, 9.17) is 4.84 Å². The number of carbonyl (C=O) groups is 1. The van der Waals surface area contributed by atoms with Gasteiger partial charge in [-0.1, -0.05) is 35.9 Å². The van der Waals surface area contributed by atoms with Gasteiger partial charge in [0.1, 0.15) is 0 Å². The molecule has 0 bridgehead atoms. The minimum atomic E-state index is -0.570. The molecular weight excluding hydrogens is 532 g/mol. The summed E-state index contributed by atoms with van der Waals surface area (Å²) in [7, 11) is 0. The van der Waals surface area contributed by atoms with Crippen LogP contribution in [0.25, 0.3) is 22.6 Å². The third kappa shape index (κ3) is 6.86. The molecule has 0 radical (unpaired) electrons. The summed E-state index contributed by atoms with van der Waals surface area (Å²) in [6, 6.07) is 20.1. The lowest BCUT2D eigenvalue weighted by Gasteiger charge is -2.35. The molecule has 1 fully saturated rings. The predicted molar refractivity (Wildman–Crippen MR) is 158 cm³/mol. The molecule has 1 aliphatic heterocycles. The van der Waals surface area contributed by atoms with Crippen molar-refractivity contribution in [3.05, 3.63) is 94.5 Å². The van der Waals surface area contributed by atoms with Crippen LogP contribution in [0.5, 0.6) is 0 Å². The Kier molecular flexibility index (Phi) is 8.38. The summed E-state index contributed by atoms with van der Waals surface area (Å²) in [6.07, 6.45) is 3.62. The van der Waals surface area contributed by atoms with E-state index in [1.54, 1.807) is 24.3 Å². The Balaban J connectivity index is 1.23. The summed E-state index contributed by atoms with van der Waals surface area (Å²) < 4.78 is 1.41. The summed E-state index contributed by atoms with van der Waals surface area (Å²) >= 11 is 0. The fraction of sp³-hybridized carbons (Fsp3) is 0.290. The Morgan fingerprint density at radius 2 is 1.69 bits per heavy atom. The van der Waals surface area contributed by atoms with E-state index < -0.39 is 5.41 Å². The highest BCUT2D eigenvalue weighted by Crippen LogP contribution is 2.21. The average Bonchev–Trinajstić information content (AvgIpc) is 3.01. The number of nitrogens with zero attached hydrogens (tertiary/aromatic N) is 7. The van der Waals surface area contributed by atoms with Gasteiger partial charge in [-0.2, -0.15) is 10.4 Å². The van der Waals surface area contributed by atoms with E-state index in [0.29, 0.717) is 30.2 Å². The molecule has 5 rings (SSSR count). The molecule has 42 heavy (non-hydrogen) atoms. The number of hydrogen-bond acceptors (Lipinski definition) is 10. The van der Waals surface area contributed by atoms with Crippen molar-refractivity contribution in [2.75, 3.05) is 31.1 Å². The van der Waals surface area contributed by atoms with Crippen molar-refractivity contribution < 1.29 is 9.63 Å². The van der Waals surface area contributed by atoms with Crippen molar-refractivity contribution in [1.29, 1.82) is 5.26 Å². The number of anilines is 1. The maximum atomic E-state index is 12.6. The second-order valence-corrected chi connectivity index (χ2v) is 11.1. The number of rotatable bonds is 7. The summed E-state index contributed by atoms with van der Waals surface area (Å²) in [5, 5.41) is 15.6. The van der Waals surface area contributed by atoms with Crippen LogP contribution in [0, 0.1) is 16.7 Å². The highest BCUT2D eigenvalue weighted by Gasteiger charge is 2.25. The summed E-state index contributed by atoms with van der Waals surface area (Å²) in [4.78, 5) is 41.2. The highest BCUT2D eigenvalue weighted by molar-refractivity contribution is 5.75. The normalized spacial score (nSPS) is 13.9. The second-order valence-electron chi connectivity index (χ2n) is 11.1. The van der Waals surface area contributed by atoms with E-state index >= 15 is 0 Å². The molecule has 0 aliphatic carbocycles. The van der Waals surface area contributed by atoms with Crippen molar-refractivity contribution in [3.63, 3.8) is 0 Å². The van der Waals surface area contributed by atoms with Gasteiger partial charge >= 0.3 is 5.97 Å². The van der Waals surface area contributed by atoms with Crippen LogP contribution in [-0.4, -0.2) is 56.9 Å². The van der Waals surface area contributed by atoms with E-state index in [0.717, 1.165) is 35.5 Å². The largest absolute Gasteiger partial charge is 0.366 e. The van der Waals surface area contributed by atoms with Gasteiger partial charge in [0.05, 0.1) is 47.4 Å². The number of nitrogens with one attached hydrogen (secondary N) is 1. The van der Waals surface area contributed by atoms with Crippen LogP contribution in [0.2, 0.25) is 0 Å². The third-order valence-electron chi connectivity index (χ3n) is 6.83. The first-order valence-electron chi connectivity index (χ1n) is 13.7. The monoisotopic (exact) mass is 564 g/mol. The fourth-order valence-electron chi connectivity index (χ4n) is 4.39. The van der Waals surface area contributed by atoms with Gasteiger partial charge in [-0.05, 0) is 50.6 Å². The van der Waals surface area contributed by atoms with E-state index in [9.17, 15) is 14.9 Å². The van der Waals surface area contributed by atoms with Crippen molar-refractivity contribution >= 4 is 11.7 Å². The van der Waals surface area contributed by atoms with Crippen molar-refractivity contribution in [2.45, 2.75) is 27.3 Å². The number of aromatic nitrogens is 4. The van der Waals surface area contributed by atoms with Crippen LogP contribution in [0.3, 0.4) is 0 Å². The Labute approximate surface area is 243 Å². The number of carbonyl (C=O) groups excluding carboxylic acids is 1. The second kappa shape index (κ2) is 12.3. The van der Waals surface area contributed by atoms with Crippen molar-refractivity contribution in [3.8, 4) is 28.7 Å². The van der Waals surface area contributed by atoms with Gasteiger partial charge in [0.25, 0.3) is 5.56 Å². The molecule has 11 heteroatoms. The zero-order valence-electron chi connectivity index (χ0n) is 23.8. The van der Waals surface area contributed by atoms with E-state index in [1.807, 2.05) is 68.5 Å². The SMILES string of the molecule is CC(C)(C)C(=O)ONN1CCN(c2cnc(-c3cccc(Cn4nc(-c5cccc(C#N)c5)ccc4=O)c3)nc2)CC1. The first kappa shape index (κ1) is 28.6. The lowest BCUT2D eigenvalue weighted by molar-refractivity contribution is -0.175. The molecule has 2 aromatic heterocycles. The third-order valence-corrected chi connectivity index (χ3v) is 6.83. The summed E-state index contributed by atoms with van der Waals surface area (Å²) in [5.74, 6) is 0.273. The summed E-state index contributed by atoms with van der Waals surface area (Å²) in [5.41, 5.74) is 6.52. The highest BCUT2D eigenvalue weighted by atomic mass is 16.7. The van der Waals surface area contributed by atoms with Crippen LogP contribution >= 0.6 is 0 Å². The standard InChI is InChI=1S/C31H32N8O3/c1-31(2,3)30(41)42-36-38-14-12-37(13-15-38)26-19-33-29(34-20-26)25-9-5-7-23(17-25)21-39-28(40)11-10-27(35-39)24-8-4-6-22(16-24)18-32/h4-11,16-17,19-20,36H,12-15,21H2,1-3H3. The minimum Gasteiger partial charge on any atom is -0.366 e. The molecule has 214 valence electrons. The lowest BCUT2D eigenvalue weighted by atomic mass is 9.98. The number of piperazine rings is 1. The maximum absolute atomic E-state index is 12.6. The van der Waals surface area contributed by atoms with Crippen molar-refractivity contribution in [1.82, 2.24) is 30.3 Å². The van der Waals surface area contributed by atoms with Gasteiger partial charge in [-0.15, -0.1) is 0 Å². The molecule has 0 amide bonds. The van der Waals surface area contributed by atoms with Crippen molar-refractivity contribution in [2.24, 2.45) is 5.41 Å². The van der Waals surface area contributed by atoms with Gasteiger partial charge in [0.2, 0.25) is 0 Å². The molecule has 3 heterocycles. The van der Waals surface area contributed by atoms with E-state index in [1.165, 1.54) is 10.7 Å². The topological polar surface area (TPSA) is 129 Å². The van der Waals surface area contributed by atoms with Crippen LogP contribution in [0.4, 0.5) is 5.69 Å². The number of hydrazine groups is 1. The molecule has 1 N–H and O–H groups in total. The molecule has 0 unspecified atom stereocenters. The zero-order chi connectivity index (χ0) is 29.7. The van der Waals surface area contributed by atoms with Gasteiger partial charge in [-0.25, -0.2) is 24.5 Å². The van der Waals surface area contributed by atoms with E-state index in [2.05, 4.69) is 31.6 Å². The number of nitriles is 1.